The molecule has 1 aromatic carbocycles. The van der Waals surface area contributed by atoms with Crippen LogP contribution in [0.5, 0.6) is 0 Å². The third kappa shape index (κ3) is 2.58. The smallest absolute Gasteiger partial charge is 0.272 e. The monoisotopic (exact) mass is 323 g/mol. The Balaban J connectivity index is 1.49. The molecule has 24 heavy (non-hydrogen) atoms. The number of carbonyl (C=O) groups is 1. The van der Waals surface area contributed by atoms with Crippen LogP contribution < -0.4 is 0 Å². The van der Waals surface area contributed by atoms with E-state index in [-0.39, 0.29) is 11.8 Å². The molecule has 1 fully saturated rings. The van der Waals surface area contributed by atoms with Crippen LogP contribution in [0.4, 0.5) is 0 Å². The Bertz CT molecular complexity index is 855. The van der Waals surface area contributed by atoms with Gasteiger partial charge in [0.1, 0.15) is 5.69 Å². The second-order valence-corrected chi connectivity index (χ2v) is 5.90. The lowest BCUT2D eigenvalue weighted by Gasteiger charge is -2.15. The molecule has 7 heteroatoms. The number of aryl methyl sites for hydroxylation is 1. The van der Waals surface area contributed by atoms with Crippen LogP contribution in [0.1, 0.15) is 28.7 Å². The second-order valence-electron chi connectivity index (χ2n) is 5.90. The van der Waals surface area contributed by atoms with Gasteiger partial charge in [-0.15, -0.1) is 0 Å². The van der Waals surface area contributed by atoms with Crippen molar-refractivity contribution in [2.24, 2.45) is 7.05 Å². The van der Waals surface area contributed by atoms with Crippen LogP contribution in [0, 0.1) is 0 Å². The minimum absolute atomic E-state index is 0.00993. The average Bonchev–Trinajstić information content (AvgIpc) is 3.35. The number of amides is 1. The first-order valence-electron chi connectivity index (χ1n) is 7.88. The maximum Gasteiger partial charge on any atom is 0.272 e. The lowest BCUT2D eigenvalue weighted by atomic mass is 10.1. The van der Waals surface area contributed by atoms with E-state index in [0.717, 1.165) is 12.0 Å². The van der Waals surface area contributed by atoms with Gasteiger partial charge >= 0.3 is 0 Å². The number of hydrogen-bond donors (Lipinski definition) is 0. The largest absolute Gasteiger partial charge is 0.337 e. The van der Waals surface area contributed by atoms with Crippen molar-refractivity contribution in [3.8, 4) is 11.5 Å². The third-order valence-corrected chi connectivity index (χ3v) is 4.34. The van der Waals surface area contributed by atoms with Gasteiger partial charge in [-0.2, -0.15) is 10.1 Å². The van der Waals surface area contributed by atoms with Crippen LogP contribution in [0.25, 0.3) is 11.5 Å². The lowest BCUT2D eigenvalue weighted by Crippen LogP contribution is -2.30. The predicted molar refractivity (Wildman–Crippen MR) is 86.2 cm³/mol. The van der Waals surface area contributed by atoms with Crippen molar-refractivity contribution in [2.75, 3.05) is 13.1 Å². The van der Waals surface area contributed by atoms with E-state index in [1.807, 2.05) is 35.2 Å². The van der Waals surface area contributed by atoms with E-state index in [4.69, 9.17) is 4.52 Å². The Morgan fingerprint density at radius 3 is 2.83 bits per heavy atom. The van der Waals surface area contributed by atoms with Crippen LogP contribution in [-0.4, -0.2) is 43.8 Å². The average molecular weight is 323 g/mol. The Labute approximate surface area is 138 Å². The number of rotatable bonds is 3. The summed E-state index contributed by atoms with van der Waals surface area (Å²) in [5.74, 6) is 1.27. The van der Waals surface area contributed by atoms with Gasteiger partial charge in [0.05, 0.1) is 0 Å². The van der Waals surface area contributed by atoms with Gasteiger partial charge in [0.25, 0.3) is 11.8 Å². The van der Waals surface area contributed by atoms with E-state index in [9.17, 15) is 4.79 Å². The van der Waals surface area contributed by atoms with Crippen molar-refractivity contribution in [1.29, 1.82) is 0 Å². The maximum absolute atomic E-state index is 12.5. The second kappa shape index (κ2) is 5.92. The topological polar surface area (TPSA) is 77.0 Å². The Morgan fingerprint density at radius 1 is 1.25 bits per heavy atom. The highest BCUT2D eigenvalue weighted by molar-refractivity contribution is 5.92. The number of hydrogen-bond acceptors (Lipinski definition) is 5. The molecule has 3 heterocycles. The summed E-state index contributed by atoms with van der Waals surface area (Å²) in [4.78, 5) is 18.9. The van der Waals surface area contributed by atoms with Gasteiger partial charge in [-0.25, -0.2) is 0 Å². The van der Waals surface area contributed by atoms with Crippen molar-refractivity contribution >= 4 is 5.91 Å². The SMILES string of the molecule is Cn1nccc1C(=O)N1CC[C@@H](c2noc(-c3ccccc3)n2)C1. The molecule has 4 rings (SSSR count). The molecule has 0 radical (unpaired) electrons. The molecule has 0 N–H and O–H groups in total. The van der Waals surface area contributed by atoms with Crippen LogP contribution in [0.15, 0.2) is 47.1 Å². The summed E-state index contributed by atoms with van der Waals surface area (Å²) in [6.07, 6.45) is 2.46. The third-order valence-electron chi connectivity index (χ3n) is 4.34. The molecule has 0 unspecified atom stereocenters. The number of aromatic nitrogens is 4. The Morgan fingerprint density at radius 2 is 2.08 bits per heavy atom. The fourth-order valence-electron chi connectivity index (χ4n) is 3.00. The quantitative estimate of drug-likeness (QED) is 0.737. The molecule has 0 spiro atoms. The Hall–Kier alpha value is -2.96. The molecule has 0 aliphatic carbocycles. The normalized spacial score (nSPS) is 17.4. The van der Waals surface area contributed by atoms with E-state index in [1.165, 1.54) is 0 Å². The first-order chi connectivity index (χ1) is 11.7. The summed E-state index contributed by atoms with van der Waals surface area (Å²) in [5, 5.41) is 8.16. The van der Waals surface area contributed by atoms with Crippen LogP contribution in [-0.2, 0) is 7.05 Å². The van der Waals surface area contributed by atoms with E-state index >= 15 is 0 Å². The Kier molecular flexibility index (Phi) is 3.60. The molecule has 1 aliphatic rings. The molecule has 2 aromatic heterocycles. The highest BCUT2D eigenvalue weighted by Gasteiger charge is 2.32. The summed E-state index contributed by atoms with van der Waals surface area (Å²) >= 11 is 0. The fourth-order valence-corrected chi connectivity index (χ4v) is 3.00. The maximum atomic E-state index is 12.5. The predicted octanol–water partition coefficient (Wildman–Crippen LogP) is 2.10. The zero-order valence-corrected chi connectivity index (χ0v) is 13.3. The van der Waals surface area contributed by atoms with Crippen LogP contribution in [0.3, 0.4) is 0 Å². The van der Waals surface area contributed by atoms with Gasteiger partial charge in [0.2, 0.25) is 0 Å². The van der Waals surface area contributed by atoms with Gasteiger partial charge in [0, 0.05) is 37.8 Å². The van der Waals surface area contributed by atoms with Crippen LogP contribution in [0.2, 0.25) is 0 Å². The zero-order valence-electron chi connectivity index (χ0n) is 13.3. The van der Waals surface area contributed by atoms with Crippen LogP contribution >= 0.6 is 0 Å². The summed E-state index contributed by atoms with van der Waals surface area (Å²) in [6, 6.07) is 11.4. The van der Waals surface area contributed by atoms with Gasteiger partial charge < -0.3 is 9.42 Å². The minimum atomic E-state index is -0.00993. The van der Waals surface area contributed by atoms with Crippen molar-refractivity contribution < 1.29 is 9.32 Å². The van der Waals surface area contributed by atoms with Crippen molar-refractivity contribution in [1.82, 2.24) is 24.8 Å². The molecule has 1 atom stereocenters. The van der Waals surface area contributed by atoms with Gasteiger partial charge in [-0.3, -0.25) is 9.48 Å². The van der Waals surface area contributed by atoms with Crippen molar-refractivity contribution in [2.45, 2.75) is 12.3 Å². The van der Waals surface area contributed by atoms with Crippen molar-refractivity contribution in [3.63, 3.8) is 0 Å². The summed E-state index contributed by atoms with van der Waals surface area (Å²) in [5.41, 5.74) is 1.49. The molecule has 0 bridgehead atoms. The van der Waals surface area contributed by atoms with E-state index < -0.39 is 0 Å². The first-order valence-corrected chi connectivity index (χ1v) is 7.88. The molecular formula is C17H17N5O2. The number of carbonyl (C=O) groups excluding carboxylic acids is 1. The molecule has 0 saturated carbocycles. The van der Waals surface area contributed by atoms with E-state index in [0.29, 0.717) is 30.5 Å². The number of likely N-dealkylation sites (tertiary alicyclic amines) is 1. The molecule has 1 aliphatic heterocycles. The molecule has 122 valence electrons. The van der Waals surface area contributed by atoms with Gasteiger partial charge in [-0.1, -0.05) is 23.4 Å². The van der Waals surface area contributed by atoms with Crippen molar-refractivity contribution in [3.05, 3.63) is 54.1 Å². The molecule has 7 nitrogen and oxygen atoms in total. The first kappa shape index (κ1) is 14.6. The van der Waals surface area contributed by atoms with E-state index in [2.05, 4.69) is 15.2 Å². The fraction of sp³-hybridized carbons (Fsp3) is 0.294. The van der Waals surface area contributed by atoms with Gasteiger partial charge in [0.15, 0.2) is 5.82 Å². The minimum Gasteiger partial charge on any atom is -0.337 e. The summed E-state index contributed by atoms with van der Waals surface area (Å²) in [7, 11) is 1.77. The van der Waals surface area contributed by atoms with Gasteiger partial charge in [-0.05, 0) is 24.6 Å². The highest BCUT2D eigenvalue weighted by atomic mass is 16.5. The molecule has 3 aromatic rings. The summed E-state index contributed by atoms with van der Waals surface area (Å²) in [6.45, 7) is 1.28. The zero-order chi connectivity index (χ0) is 16.5. The highest BCUT2D eigenvalue weighted by Crippen LogP contribution is 2.28. The molecular weight excluding hydrogens is 306 g/mol. The standard InChI is InChI=1S/C17H17N5O2/c1-21-14(7-9-18-21)17(23)22-10-8-13(11-22)15-19-16(24-20-15)12-5-3-2-4-6-12/h2-7,9,13H,8,10-11H2,1H3/t13-/m1/s1. The summed E-state index contributed by atoms with van der Waals surface area (Å²) < 4.78 is 6.97. The van der Waals surface area contributed by atoms with E-state index in [1.54, 1.807) is 24.0 Å². The molecule has 1 saturated heterocycles. The number of benzene rings is 1. The molecule has 1 amide bonds. The number of nitrogens with zero attached hydrogens (tertiary/aromatic N) is 5. The lowest BCUT2D eigenvalue weighted by molar-refractivity contribution is 0.0779.